The Kier molecular flexibility index (Phi) is 1.83. The van der Waals surface area contributed by atoms with Crippen molar-refractivity contribution in [1.82, 2.24) is 10.6 Å². The minimum absolute atomic E-state index is 0.208. The summed E-state index contributed by atoms with van der Waals surface area (Å²) in [6.45, 7) is 7.58. The van der Waals surface area contributed by atoms with E-state index in [-0.39, 0.29) is 5.54 Å². The lowest BCUT2D eigenvalue weighted by Gasteiger charge is -2.15. The summed E-state index contributed by atoms with van der Waals surface area (Å²) in [5, 5.41) is 6.77. The molecule has 2 aliphatic rings. The molecule has 0 saturated carbocycles. The Morgan fingerprint density at radius 2 is 2.25 bits per heavy atom. The van der Waals surface area contributed by atoms with E-state index in [1.54, 1.807) is 0 Å². The first-order valence-corrected chi connectivity index (χ1v) is 4.76. The van der Waals surface area contributed by atoms with Crippen molar-refractivity contribution in [2.45, 2.75) is 25.8 Å². The molecule has 1 atom stereocenters. The van der Waals surface area contributed by atoms with E-state index < -0.39 is 0 Å². The van der Waals surface area contributed by atoms with Crippen LogP contribution in [0.1, 0.15) is 20.3 Å². The van der Waals surface area contributed by atoms with Crippen LogP contribution in [0.15, 0.2) is 4.99 Å². The van der Waals surface area contributed by atoms with Crippen molar-refractivity contribution in [3.8, 4) is 0 Å². The van der Waals surface area contributed by atoms with E-state index in [4.69, 9.17) is 4.99 Å². The molecule has 0 aromatic carbocycles. The molecule has 2 aliphatic heterocycles. The Morgan fingerprint density at radius 3 is 2.75 bits per heavy atom. The summed E-state index contributed by atoms with van der Waals surface area (Å²) in [4.78, 5) is 4.76. The molecule has 2 N–H and O–H groups in total. The van der Waals surface area contributed by atoms with Gasteiger partial charge < -0.3 is 10.6 Å². The second-order valence-corrected chi connectivity index (χ2v) is 4.16. The molecule has 0 aromatic rings. The van der Waals surface area contributed by atoms with Crippen LogP contribution in [0.25, 0.3) is 0 Å². The van der Waals surface area contributed by atoms with E-state index in [2.05, 4.69) is 24.5 Å². The zero-order valence-corrected chi connectivity index (χ0v) is 7.85. The smallest absolute Gasteiger partial charge is 0.0998 e. The van der Waals surface area contributed by atoms with Gasteiger partial charge in [0.05, 0.1) is 11.4 Å². The minimum Gasteiger partial charge on any atom is -0.371 e. The Labute approximate surface area is 73.6 Å². The highest BCUT2D eigenvalue weighted by atomic mass is 15.2. The van der Waals surface area contributed by atoms with Gasteiger partial charge in [0, 0.05) is 19.0 Å². The maximum absolute atomic E-state index is 4.76. The fourth-order valence-electron chi connectivity index (χ4n) is 1.90. The summed E-state index contributed by atoms with van der Waals surface area (Å²) in [5.74, 6) is 1.74. The number of amidine groups is 1. The SMILES string of the molecule is CC(C)C1=NC2(CCNC2)CN1. The molecule has 2 heterocycles. The Balaban J connectivity index is 2.12. The zero-order chi connectivity index (χ0) is 8.60. The van der Waals surface area contributed by atoms with Gasteiger partial charge in [0.15, 0.2) is 0 Å². The number of nitrogens with zero attached hydrogens (tertiary/aromatic N) is 1. The molecule has 2 rings (SSSR count). The molecule has 0 aromatic heterocycles. The Morgan fingerprint density at radius 1 is 1.42 bits per heavy atom. The third kappa shape index (κ3) is 1.22. The molecule has 1 saturated heterocycles. The maximum Gasteiger partial charge on any atom is 0.0998 e. The van der Waals surface area contributed by atoms with E-state index in [1.807, 2.05) is 0 Å². The third-order valence-electron chi connectivity index (χ3n) is 2.72. The van der Waals surface area contributed by atoms with E-state index in [0.717, 1.165) is 19.6 Å². The molecule has 1 unspecified atom stereocenters. The van der Waals surface area contributed by atoms with E-state index in [9.17, 15) is 0 Å². The van der Waals surface area contributed by atoms with Crippen LogP contribution in [0.3, 0.4) is 0 Å². The quantitative estimate of drug-likeness (QED) is 0.592. The van der Waals surface area contributed by atoms with Crippen molar-refractivity contribution in [2.75, 3.05) is 19.6 Å². The normalized spacial score (nSPS) is 34.4. The molecular weight excluding hydrogens is 150 g/mol. The van der Waals surface area contributed by atoms with Crippen LogP contribution in [-0.4, -0.2) is 31.0 Å². The van der Waals surface area contributed by atoms with Crippen LogP contribution in [-0.2, 0) is 0 Å². The highest BCUT2D eigenvalue weighted by Gasteiger charge is 2.37. The summed E-state index contributed by atoms with van der Waals surface area (Å²) >= 11 is 0. The fraction of sp³-hybridized carbons (Fsp3) is 0.889. The molecule has 3 heteroatoms. The average molecular weight is 167 g/mol. The van der Waals surface area contributed by atoms with Crippen LogP contribution in [0.2, 0.25) is 0 Å². The molecule has 68 valence electrons. The molecule has 3 nitrogen and oxygen atoms in total. The van der Waals surface area contributed by atoms with Gasteiger partial charge in [-0.2, -0.15) is 0 Å². The van der Waals surface area contributed by atoms with Crippen molar-refractivity contribution in [3.05, 3.63) is 0 Å². The topological polar surface area (TPSA) is 36.4 Å². The van der Waals surface area contributed by atoms with Crippen LogP contribution in [0.5, 0.6) is 0 Å². The van der Waals surface area contributed by atoms with E-state index in [1.165, 1.54) is 12.3 Å². The maximum atomic E-state index is 4.76. The predicted octanol–water partition coefficient (Wildman–Crippen LogP) is 0.376. The van der Waals surface area contributed by atoms with Crippen molar-refractivity contribution in [3.63, 3.8) is 0 Å². The first kappa shape index (κ1) is 8.05. The molecule has 12 heavy (non-hydrogen) atoms. The van der Waals surface area contributed by atoms with Crippen molar-refractivity contribution in [2.24, 2.45) is 10.9 Å². The highest BCUT2D eigenvalue weighted by Crippen LogP contribution is 2.23. The summed E-state index contributed by atoms with van der Waals surface area (Å²) < 4.78 is 0. The van der Waals surface area contributed by atoms with Gasteiger partial charge in [0.1, 0.15) is 0 Å². The minimum atomic E-state index is 0.208. The van der Waals surface area contributed by atoms with Crippen molar-refractivity contribution >= 4 is 5.84 Å². The van der Waals surface area contributed by atoms with Crippen molar-refractivity contribution in [1.29, 1.82) is 0 Å². The first-order chi connectivity index (χ1) is 5.72. The second kappa shape index (κ2) is 2.73. The monoisotopic (exact) mass is 167 g/mol. The molecule has 1 fully saturated rings. The lowest BCUT2D eigenvalue weighted by Crippen LogP contribution is -2.35. The largest absolute Gasteiger partial charge is 0.371 e. The van der Waals surface area contributed by atoms with Gasteiger partial charge in [-0.25, -0.2) is 0 Å². The van der Waals surface area contributed by atoms with Crippen LogP contribution in [0, 0.1) is 5.92 Å². The number of rotatable bonds is 1. The molecule has 0 aliphatic carbocycles. The van der Waals surface area contributed by atoms with Gasteiger partial charge in [0.2, 0.25) is 0 Å². The van der Waals surface area contributed by atoms with Gasteiger partial charge >= 0.3 is 0 Å². The van der Waals surface area contributed by atoms with E-state index in [0.29, 0.717) is 5.92 Å². The Bertz CT molecular complexity index is 202. The van der Waals surface area contributed by atoms with Crippen LogP contribution < -0.4 is 10.6 Å². The van der Waals surface area contributed by atoms with Gasteiger partial charge in [-0.15, -0.1) is 0 Å². The standard InChI is InChI=1S/C9H17N3/c1-7(2)8-11-6-9(12-8)3-4-10-5-9/h7,10H,3-6H2,1-2H3,(H,11,12). The summed E-state index contributed by atoms with van der Waals surface area (Å²) in [7, 11) is 0. The lowest BCUT2D eigenvalue weighted by atomic mass is 10.0. The highest BCUT2D eigenvalue weighted by molar-refractivity contribution is 5.86. The Hall–Kier alpha value is -0.570. The molecule has 0 bridgehead atoms. The number of hydrogen-bond acceptors (Lipinski definition) is 3. The first-order valence-electron chi connectivity index (χ1n) is 4.76. The summed E-state index contributed by atoms with van der Waals surface area (Å²) in [6, 6.07) is 0. The average Bonchev–Trinajstić information content (AvgIpc) is 2.62. The van der Waals surface area contributed by atoms with Crippen molar-refractivity contribution < 1.29 is 0 Å². The fourth-order valence-corrected chi connectivity index (χ4v) is 1.90. The van der Waals surface area contributed by atoms with Gasteiger partial charge in [0.25, 0.3) is 0 Å². The lowest BCUT2D eigenvalue weighted by molar-refractivity contribution is 0.495. The van der Waals surface area contributed by atoms with E-state index >= 15 is 0 Å². The summed E-state index contributed by atoms with van der Waals surface area (Å²) in [5.41, 5.74) is 0.208. The van der Waals surface area contributed by atoms with Gasteiger partial charge in [-0.3, -0.25) is 4.99 Å². The predicted molar refractivity (Wildman–Crippen MR) is 50.5 cm³/mol. The second-order valence-electron chi connectivity index (χ2n) is 4.16. The molecular formula is C9H17N3. The third-order valence-corrected chi connectivity index (χ3v) is 2.72. The number of aliphatic imine (C=N–C) groups is 1. The molecule has 1 spiro atoms. The number of hydrogen-bond donors (Lipinski definition) is 2. The number of nitrogens with one attached hydrogen (secondary N) is 2. The zero-order valence-electron chi connectivity index (χ0n) is 7.85. The molecule has 0 amide bonds. The van der Waals surface area contributed by atoms with Gasteiger partial charge in [-0.05, 0) is 13.0 Å². The molecule has 0 radical (unpaired) electrons. The van der Waals surface area contributed by atoms with Crippen LogP contribution >= 0.6 is 0 Å². The van der Waals surface area contributed by atoms with Crippen LogP contribution in [0.4, 0.5) is 0 Å². The summed E-state index contributed by atoms with van der Waals surface area (Å²) in [6.07, 6.45) is 1.19. The van der Waals surface area contributed by atoms with Gasteiger partial charge in [-0.1, -0.05) is 13.8 Å².